The molecule has 0 unspecified atom stereocenters. The van der Waals surface area contributed by atoms with Gasteiger partial charge >= 0.3 is 0 Å². The summed E-state index contributed by atoms with van der Waals surface area (Å²) >= 11 is 1.60. The molecule has 1 aromatic heterocycles. The molecule has 0 spiro atoms. The lowest BCUT2D eigenvalue weighted by molar-refractivity contribution is 0.0933. The van der Waals surface area contributed by atoms with Crippen molar-refractivity contribution in [2.75, 3.05) is 18.0 Å². The van der Waals surface area contributed by atoms with Crippen LogP contribution < -0.4 is 10.2 Å². The lowest BCUT2D eigenvalue weighted by atomic mass is 10.0. The minimum Gasteiger partial charge on any atom is -0.348 e. The predicted molar refractivity (Wildman–Crippen MR) is 82.4 cm³/mol. The van der Waals surface area contributed by atoms with E-state index in [1.165, 1.54) is 25.7 Å². The molecule has 5 heteroatoms. The number of hydrogen-bond acceptors (Lipinski definition) is 4. The normalized spacial score (nSPS) is 24.1. The number of piperidine rings is 1. The van der Waals surface area contributed by atoms with Crippen molar-refractivity contribution in [2.24, 2.45) is 5.92 Å². The highest BCUT2D eigenvalue weighted by Crippen LogP contribution is 2.26. The highest BCUT2D eigenvalue weighted by molar-refractivity contribution is 7.13. The maximum Gasteiger partial charge on any atom is 0.271 e. The van der Waals surface area contributed by atoms with Crippen LogP contribution in [-0.4, -0.2) is 30.0 Å². The molecule has 1 aliphatic heterocycles. The smallest absolute Gasteiger partial charge is 0.271 e. The van der Waals surface area contributed by atoms with Gasteiger partial charge in [0.25, 0.3) is 5.91 Å². The fraction of sp³-hybridized carbons (Fsp3) is 0.733. The van der Waals surface area contributed by atoms with Gasteiger partial charge in [-0.05, 0) is 31.6 Å². The molecular weight excluding hydrogens is 270 g/mol. The molecule has 1 saturated heterocycles. The fourth-order valence-corrected chi connectivity index (χ4v) is 4.05. The number of anilines is 1. The Balaban J connectivity index is 1.62. The van der Waals surface area contributed by atoms with Gasteiger partial charge in [-0.1, -0.05) is 19.8 Å². The summed E-state index contributed by atoms with van der Waals surface area (Å²) in [6.07, 6.45) is 7.23. The van der Waals surface area contributed by atoms with Gasteiger partial charge in [0.05, 0.1) is 0 Å². The fourth-order valence-electron chi connectivity index (χ4n) is 3.21. The van der Waals surface area contributed by atoms with Gasteiger partial charge in [-0.25, -0.2) is 4.98 Å². The first-order chi connectivity index (χ1) is 9.72. The van der Waals surface area contributed by atoms with Crippen LogP contribution in [0.2, 0.25) is 0 Å². The van der Waals surface area contributed by atoms with Gasteiger partial charge < -0.3 is 10.2 Å². The summed E-state index contributed by atoms with van der Waals surface area (Å²) < 4.78 is 0. The van der Waals surface area contributed by atoms with Gasteiger partial charge in [0.1, 0.15) is 5.69 Å². The zero-order chi connectivity index (χ0) is 13.9. The van der Waals surface area contributed by atoms with Crippen molar-refractivity contribution >= 4 is 22.4 Å². The van der Waals surface area contributed by atoms with Crippen LogP contribution in [-0.2, 0) is 0 Å². The summed E-state index contributed by atoms with van der Waals surface area (Å²) in [5, 5.41) is 6.02. The van der Waals surface area contributed by atoms with Crippen LogP contribution in [0.15, 0.2) is 5.38 Å². The number of hydrogen-bond donors (Lipinski definition) is 1. The summed E-state index contributed by atoms with van der Waals surface area (Å²) in [5.41, 5.74) is 0.593. The number of rotatable bonds is 3. The molecule has 1 saturated carbocycles. The van der Waals surface area contributed by atoms with Gasteiger partial charge in [0, 0.05) is 24.5 Å². The average molecular weight is 293 g/mol. The van der Waals surface area contributed by atoms with Crippen LogP contribution in [0.1, 0.15) is 55.9 Å². The van der Waals surface area contributed by atoms with Crippen LogP contribution in [0, 0.1) is 5.92 Å². The zero-order valence-corrected chi connectivity index (χ0v) is 12.9. The molecule has 1 aromatic rings. The topological polar surface area (TPSA) is 45.2 Å². The Morgan fingerprint density at radius 1 is 1.35 bits per heavy atom. The first-order valence-electron chi connectivity index (χ1n) is 7.73. The number of nitrogens with one attached hydrogen (secondary N) is 1. The summed E-state index contributed by atoms with van der Waals surface area (Å²) in [6, 6.07) is 0.364. The highest BCUT2D eigenvalue weighted by Gasteiger charge is 2.22. The number of carbonyl (C=O) groups is 1. The van der Waals surface area contributed by atoms with Crippen molar-refractivity contribution in [1.82, 2.24) is 10.3 Å². The summed E-state index contributed by atoms with van der Waals surface area (Å²) in [6.45, 7) is 4.42. The maximum atomic E-state index is 12.2. The van der Waals surface area contributed by atoms with Crippen LogP contribution in [0.4, 0.5) is 5.13 Å². The number of aromatic nitrogens is 1. The van der Waals surface area contributed by atoms with Crippen molar-refractivity contribution < 1.29 is 4.79 Å². The summed E-state index contributed by atoms with van der Waals surface area (Å²) in [5.74, 6) is 0.730. The Bertz CT molecular complexity index is 467. The second kappa shape index (κ2) is 6.12. The lowest BCUT2D eigenvalue weighted by Crippen LogP contribution is -2.35. The SMILES string of the molecule is C[C@H]1CCCN(c2nc(C(=O)NC3CCCC3)cs2)C1. The van der Waals surface area contributed by atoms with E-state index in [1.807, 2.05) is 5.38 Å². The Hall–Kier alpha value is -1.10. The number of nitrogens with zero attached hydrogens (tertiary/aromatic N) is 2. The van der Waals surface area contributed by atoms with E-state index in [4.69, 9.17) is 0 Å². The number of thiazole rings is 1. The van der Waals surface area contributed by atoms with E-state index in [2.05, 4.69) is 22.1 Å². The Kier molecular flexibility index (Phi) is 4.24. The molecule has 3 rings (SSSR count). The second-order valence-electron chi connectivity index (χ2n) is 6.16. The standard InChI is InChI=1S/C15H23N3OS/c1-11-5-4-8-18(9-11)15-17-13(10-20-15)14(19)16-12-6-2-3-7-12/h10-12H,2-9H2,1H3,(H,16,19)/t11-/m0/s1. The van der Waals surface area contributed by atoms with E-state index < -0.39 is 0 Å². The molecule has 1 N–H and O–H groups in total. The minimum atomic E-state index is 0.00413. The Morgan fingerprint density at radius 3 is 2.90 bits per heavy atom. The molecular formula is C15H23N3OS. The monoisotopic (exact) mass is 293 g/mol. The molecule has 1 atom stereocenters. The Morgan fingerprint density at radius 2 is 2.15 bits per heavy atom. The van der Waals surface area contributed by atoms with Gasteiger partial charge in [-0.15, -0.1) is 11.3 Å². The third kappa shape index (κ3) is 3.14. The van der Waals surface area contributed by atoms with Crippen molar-refractivity contribution in [3.05, 3.63) is 11.1 Å². The molecule has 2 aliphatic rings. The van der Waals surface area contributed by atoms with E-state index in [-0.39, 0.29) is 5.91 Å². The molecule has 1 amide bonds. The van der Waals surface area contributed by atoms with Gasteiger partial charge in [-0.3, -0.25) is 4.79 Å². The summed E-state index contributed by atoms with van der Waals surface area (Å²) in [4.78, 5) is 19.0. The molecule has 2 fully saturated rings. The first kappa shape index (κ1) is 13.9. The van der Waals surface area contributed by atoms with Crippen LogP contribution in [0.3, 0.4) is 0 Å². The second-order valence-corrected chi connectivity index (χ2v) is 7.00. The van der Waals surface area contributed by atoms with E-state index in [9.17, 15) is 4.79 Å². The van der Waals surface area contributed by atoms with Gasteiger partial charge in [0.15, 0.2) is 5.13 Å². The Labute approximate surface area is 124 Å². The van der Waals surface area contributed by atoms with E-state index in [0.717, 1.165) is 37.0 Å². The molecule has 20 heavy (non-hydrogen) atoms. The zero-order valence-electron chi connectivity index (χ0n) is 12.1. The maximum absolute atomic E-state index is 12.2. The average Bonchev–Trinajstić information content (AvgIpc) is 3.09. The molecule has 0 aromatic carbocycles. The third-order valence-electron chi connectivity index (χ3n) is 4.34. The highest BCUT2D eigenvalue weighted by atomic mass is 32.1. The molecule has 2 heterocycles. The first-order valence-corrected chi connectivity index (χ1v) is 8.61. The van der Waals surface area contributed by atoms with Crippen molar-refractivity contribution in [3.63, 3.8) is 0 Å². The van der Waals surface area contributed by atoms with E-state index in [1.54, 1.807) is 11.3 Å². The number of amides is 1. The summed E-state index contributed by atoms with van der Waals surface area (Å²) in [7, 11) is 0. The molecule has 0 bridgehead atoms. The number of carbonyl (C=O) groups excluding carboxylic acids is 1. The van der Waals surface area contributed by atoms with Crippen molar-refractivity contribution in [3.8, 4) is 0 Å². The van der Waals surface area contributed by atoms with Gasteiger partial charge in [-0.2, -0.15) is 0 Å². The quantitative estimate of drug-likeness (QED) is 0.931. The van der Waals surface area contributed by atoms with Gasteiger partial charge in [0.2, 0.25) is 0 Å². The molecule has 4 nitrogen and oxygen atoms in total. The van der Waals surface area contributed by atoms with Crippen LogP contribution in [0.5, 0.6) is 0 Å². The molecule has 110 valence electrons. The van der Waals surface area contributed by atoms with Crippen LogP contribution in [0.25, 0.3) is 0 Å². The van der Waals surface area contributed by atoms with Crippen molar-refractivity contribution in [2.45, 2.75) is 51.5 Å². The third-order valence-corrected chi connectivity index (χ3v) is 5.24. The minimum absolute atomic E-state index is 0.00413. The van der Waals surface area contributed by atoms with Crippen LogP contribution >= 0.6 is 11.3 Å². The largest absolute Gasteiger partial charge is 0.348 e. The predicted octanol–water partition coefficient (Wildman–Crippen LogP) is 3.05. The van der Waals surface area contributed by atoms with E-state index >= 15 is 0 Å². The van der Waals surface area contributed by atoms with Crippen molar-refractivity contribution in [1.29, 1.82) is 0 Å². The molecule has 0 radical (unpaired) electrons. The molecule has 1 aliphatic carbocycles. The lowest BCUT2D eigenvalue weighted by Gasteiger charge is -2.30. The van der Waals surface area contributed by atoms with E-state index in [0.29, 0.717) is 11.7 Å².